The van der Waals surface area contributed by atoms with E-state index >= 15 is 0 Å². The molecule has 1 amide bonds. The predicted molar refractivity (Wildman–Crippen MR) is 99.8 cm³/mol. The Hall–Kier alpha value is -3.19. The first-order valence-electron chi connectivity index (χ1n) is 8.03. The van der Waals surface area contributed by atoms with Crippen LogP contribution in [0, 0.1) is 11.8 Å². The molecule has 0 aliphatic rings. The van der Waals surface area contributed by atoms with Crippen LogP contribution in [0.25, 0.3) is 10.9 Å². The lowest BCUT2D eigenvalue weighted by Crippen LogP contribution is -2.28. The van der Waals surface area contributed by atoms with Gasteiger partial charge < -0.3 is 14.2 Å². The van der Waals surface area contributed by atoms with E-state index in [4.69, 9.17) is 4.74 Å². The number of carbonyl (C=O) groups is 1. The number of benzene rings is 2. The Morgan fingerprint density at radius 1 is 1.16 bits per heavy atom. The van der Waals surface area contributed by atoms with Gasteiger partial charge in [0.2, 0.25) is 0 Å². The smallest absolute Gasteiger partial charge is 0.271 e. The fraction of sp³-hybridized carbons (Fsp3) is 0.190. The van der Waals surface area contributed by atoms with Gasteiger partial charge >= 0.3 is 0 Å². The van der Waals surface area contributed by atoms with Crippen LogP contribution in [0.3, 0.4) is 0 Å². The minimum atomic E-state index is -0.0391. The number of amides is 1. The molecular weight excluding hydrogens is 312 g/mol. The van der Waals surface area contributed by atoms with E-state index < -0.39 is 0 Å². The van der Waals surface area contributed by atoms with Crippen LogP contribution in [-0.4, -0.2) is 36.1 Å². The number of rotatable bonds is 3. The van der Waals surface area contributed by atoms with Crippen molar-refractivity contribution in [3.05, 3.63) is 65.9 Å². The number of hydrogen-bond donors (Lipinski definition) is 0. The molecule has 0 N–H and O–H groups in total. The summed E-state index contributed by atoms with van der Waals surface area (Å²) in [5.74, 6) is 6.88. The Kier molecular flexibility index (Phi) is 4.76. The fourth-order valence-electron chi connectivity index (χ4n) is 2.70. The lowest BCUT2D eigenvalue weighted by Gasteiger charge is -2.14. The highest BCUT2D eigenvalue weighted by atomic mass is 16.5. The second-order valence-electron chi connectivity index (χ2n) is 5.84. The Bertz CT molecular complexity index is 959. The number of methoxy groups -OCH3 is 1. The molecule has 0 radical (unpaired) electrons. The molecule has 0 spiro atoms. The Labute approximate surface area is 147 Å². The van der Waals surface area contributed by atoms with E-state index in [9.17, 15) is 4.79 Å². The van der Waals surface area contributed by atoms with Crippen LogP contribution >= 0.6 is 0 Å². The maximum absolute atomic E-state index is 12.7. The molecule has 3 rings (SSSR count). The summed E-state index contributed by atoms with van der Waals surface area (Å²) in [7, 11) is 5.31. The molecule has 0 bridgehead atoms. The molecule has 4 nitrogen and oxygen atoms in total. The third kappa shape index (κ3) is 3.51. The van der Waals surface area contributed by atoms with Crippen molar-refractivity contribution in [2.24, 2.45) is 7.05 Å². The van der Waals surface area contributed by atoms with Gasteiger partial charge in [0.1, 0.15) is 11.4 Å². The summed E-state index contributed by atoms with van der Waals surface area (Å²) in [6.45, 7) is 0.367. The first-order valence-corrected chi connectivity index (χ1v) is 8.03. The summed E-state index contributed by atoms with van der Waals surface area (Å²) in [5, 5.41) is 1.06. The second kappa shape index (κ2) is 7.14. The summed E-state index contributed by atoms with van der Waals surface area (Å²) in [4.78, 5) is 14.3. The van der Waals surface area contributed by atoms with E-state index in [1.54, 1.807) is 19.1 Å². The third-order valence-electron chi connectivity index (χ3n) is 4.16. The lowest BCUT2D eigenvalue weighted by atomic mass is 10.2. The zero-order valence-corrected chi connectivity index (χ0v) is 14.6. The molecule has 126 valence electrons. The summed E-state index contributed by atoms with van der Waals surface area (Å²) < 4.78 is 7.05. The molecule has 0 aliphatic heterocycles. The maximum Gasteiger partial charge on any atom is 0.271 e. The van der Waals surface area contributed by atoms with Crippen molar-refractivity contribution in [2.75, 3.05) is 20.7 Å². The molecule has 3 aromatic rings. The van der Waals surface area contributed by atoms with E-state index in [-0.39, 0.29) is 5.91 Å². The van der Waals surface area contributed by atoms with E-state index in [0.29, 0.717) is 12.2 Å². The quantitative estimate of drug-likeness (QED) is 0.690. The Morgan fingerprint density at radius 2 is 1.88 bits per heavy atom. The van der Waals surface area contributed by atoms with Crippen molar-refractivity contribution >= 4 is 16.8 Å². The van der Waals surface area contributed by atoms with Crippen LogP contribution in [0.2, 0.25) is 0 Å². The molecule has 0 saturated heterocycles. The van der Waals surface area contributed by atoms with Crippen LogP contribution < -0.4 is 4.74 Å². The zero-order chi connectivity index (χ0) is 17.8. The van der Waals surface area contributed by atoms with Gasteiger partial charge in [-0.05, 0) is 36.4 Å². The van der Waals surface area contributed by atoms with Crippen molar-refractivity contribution in [2.45, 2.75) is 0 Å². The Balaban J connectivity index is 1.72. The highest BCUT2D eigenvalue weighted by molar-refractivity contribution is 5.98. The highest BCUT2D eigenvalue weighted by Crippen LogP contribution is 2.19. The maximum atomic E-state index is 12.7. The van der Waals surface area contributed by atoms with Crippen LogP contribution in [0.1, 0.15) is 16.1 Å². The van der Waals surface area contributed by atoms with E-state index in [2.05, 4.69) is 11.8 Å². The van der Waals surface area contributed by atoms with Gasteiger partial charge in [-0.15, -0.1) is 0 Å². The average Bonchev–Trinajstić information content (AvgIpc) is 2.98. The van der Waals surface area contributed by atoms with Crippen LogP contribution in [0.4, 0.5) is 0 Å². The SMILES string of the molecule is COc1ccc(C#CCN(C)C(=O)c2cc3ccccc3n2C)cc1. The Morgan fingerprint density at radius 3 is 2.56 bits per heavy atom. The number of para-hydroxylation sites is 1. The van der Waals surface area contributed by atoms with Crippen molar-refractivity contribution in [3.8, 4) is 17.6 Å². The number of aryl methyl sites for hydroxylation is 1. The number of aromatic nitrogens is 1. The zero-order valence-electron chi connectivity index (χ0n) is 14.6. The average molecular weight is 332 g/mol. The predicted octanol–water partition coefficient (Wildman–Crippen LogP) is 3.31. The summed E-state index contributed by atoms with van der Waals surface area (Å²) in [6, 6.07) is 17.4. The fourth-order valence-corrected chi connectivity index (χ4v) is 2.70. The molecule has 0 atom stereocenters. The van der Waals surface area contributed by atoms with Crippen molar-refractivity contribution in [1.82, 2.24) is 9.47 Å². The molecule has 1 aromatic heterocycles. The third-order valence-corrected chi connectivity index (χ3v) is 4.16. The van der Waals surface area contributed by atoms with Gasteiger partial charge in [-0.2, -0.15) is 0 Å². The van der Waals surface area contributed by atoms with Gasteiger partial charge in [0.05, 0.1) is 13.7 Å². The van der Waals surface area contributed by atoms with E-state index in [1.807, 2.05) is 66.2 Å². The molecule has 0 fully saturated rings. The molecule has 1 heterocycles. The number of hydrogen-bond acceptors (Lipinski definition) is 2. The topological polar surface area (TPSA) is 34.5 Å². The number of carbonyl (C=O) groups excluding carboxylic acids is 1. The molecule has 0 aliphatic carbocycles. The van der Waals surface area contributed by atoms with Gasteiger partial charge in [-0.1, -0.05) is 30.0 Å². The number of fused-ring (bicyclic) bond motifs is 1. The van der Waals surface area contributed by atoms with Gasteiger partial charge in [0, 0.05) is 30.6 Å². The summed E-state index contributed by atoms with van der Waals surface area (Å²) >= 11 is 0. The summed E-state index contributed by atoms with van der Waals surface area (Å²) in [5.41, 5.74) is 2.60. The molecular formula is C21H20N2O2. The van der Waals surface area contributed by atoms with Gasteiger partial charge in [-0.25, -0.2) is 0 Å². The molecule has 0 saturated carbocycles. The van der Waals surface area contributed by atoms with Gasteiger partial charge in [0.15, 0.2) is 0 Å². The second-order valence-corrected chi connectivity index (χ2v) is 5.84. The highest BCUT2D eigenvalue weighted by Gasteiger charge is 2.16. The molecule has 25 heavy (non-hydrogen) atoms. The van der Waals surface area contributed by atoms with Crippen molar-refractivity contribution in [3.63, 3.8) is 0 Å². The summed E-state index contributed by atoms with van der Waals surface area (Å²) in [6.07, 6.45) is 0. The van der Waals surface area contributed by atoms with Crippen LogP contribution in [-0.2, 0) is 7.05 Å². The number of ether oxygens (including phenoxy) is 1. The van der Waals surface area contributed by atoms with Gasteiger partial charge in [0.25, 0.3) is 5.91 Å². The van der Waals surface area contributed by atoms with E-state index in [0.717, 1.165) is 22.2 Å². The monoisotopic (exact) mass is 332 g/mol. The van der Waals surface area contributed by atoms with Crippen molar-refractivity contribution < 1.29 is 9.53 Å². The largest absolute Gasteiger partial charge is 0.497 e. The molecule has 0 unspecified atom stereocenters. The first-order chi connectivity index (χ1) is 12.1. The minimum Gasteiger partial charge on any atom is -0.497 e. The van der Waals surface area contributed by atoms with Crippen molar-refractivity contribution in [1.29, 1.82) is 0 Å². The van der Waals surface area contributed by atoms with Crippen LogP contribution in [0.15, 0.2) is 54.6 Å². The first kappa shape index (κ1) is 16.7. The van der Waals surface area contributed by atoms with Crippen LogP contribution in [0.5, 0.6) is 5.75 Å². The normalized spacial score (nSPS) is 10.2. The standard InChI is InChI=1S/C21H20N2O2/c1-22(14-6-7-16-10-12-18(25-3)13-11-16)21(24)20-15-17-8-4-5-9-19(17)23(20)2/h4-5,8-13,15H,14H2,1-3H3. The lowest BCUT2D eigenvalue weighted by molar-refractivity contribution is 0.0804. The van der Waals surface area contributed by atoms with E-state index in [1.165, 1.54) is 0 Å². The number of nitrogens with zero attached hydrogens (tertiary/aromatic N) is 2. The molecule has 4 heteroatoms. The van der Waals surface area contributed by atoms with Gasteiger partial charge in [-0.3, -0.25) is 4.79 Å². The molecule has 2 aromatic carbocycles. The minimum absolute atomic E-state index is 0.0391.